The first-order valence-corrected chi connectivity index (χ1v) is 7.52. The fourth-order valence-corrected chi connectivity index (χ4v) is 2.98. The predicted octanol–water partition coefficient (Wildman–Crippen LogP) is 2.02. The molecule has 1 fully saturated rings. The Morgan fingerprint density at radius 2 is 1.61 bits per heavy atom. The van der Waals surface area contributed by atoms with Gasteiger partial charge in [0.25, 0.3) is 0 Å². The van der Waals surface area contributed by atoms with Crippen molar-refractivity contribution < 1.29 is 0 Å². The highest BCUT2D eigenvalue weighted by atomic mass is 15.3. The van der Waals surface area contributed by atoms with Crippen LogP contribution < -0.4 is 5.73 Å². The number of rotatable bonds is 6. The minimum atomic E-state index is 0.162. The van der Waals surface area contributed by atoms with Crippen molar-refractivity contribution >= 4 is 0 Å². The van der Waals surface area contributed by atoms with E-state index in [-0.39, 0.29) is 5.54 Å². The number of nitrogens with two attached hydrogens (primary N) is 1. The summed E-state index contributed by atoms with van der Waals surface area (Å²) in [6.07, 6.45) is 1.34. The van der Waals surface area contributed by atoms with Crippen molar-refractivity contribution in [2.75, 3.05) is 39.3 Å². The van der Waals surface area contributed by atoms with Gasteiger partial charge in [0.2, 0.25) is 0 Å². The molecule has 1 aliphatic rings. The van der Waals surface area contributed by atoms with Crippen LogP contribution in [-0.2, 0) is 0 Å². The third-order valence-corrected chi connectivity index (χ3v) is 4.17. The van der Waals surface area contributed by atoms with Crippen LogP contribution in [0.5, 0.6) is 0 Å². The van der Waals surface area contributed by atoms with E-state index in [1.54, 1.807) is 0 Å². The Labute approximate surface area is 114 Å². The Bertz CT molecular complexity index is 230. The third kappa shape index (κ3) is 4.87. The number of nitrogens with zero attached hydrogens (tertiary/aromatic N) is 2. The first kappa shape index (κ1) is 15.9. The van der Waals surface area contributed by atoms with Gasteiger partial charge >= 0.3 is 0 Å². The Morgan fingerprint density at radius 3 is 2.06 bits per heavy atom. The van der Waals surface area contributed by atoms with E-state index in [1.807, 2.05) is 0 Å². The largest absolute Gasteiger partial charge is 0.329 e. The number of hydrogen-bond acceptors (Lipinski definition) is 3. The van der Waals surface area contributed by atoms with Gasteiger partial charge in [-0.25, -0.2) is 0 Å². The molecule has 0 bridgehead atoms. The predicted molar refractivity (Wildman–Crippen MR) is 79.8 cm³/mol. The first-order chi connectivity index (χ1) is 8.35. The van der Waals surface area contributed by atoms with E-state index in [9.17, 15) is 0 Å². The number of piperazine rings is 1. The summed E-state index contributed by atoms with van der Waals surface area (Å²) < 4.78 is 0. The van der Waals surface area contributed by atoms with Crippen molar-refractivity contribution in [1.82, 2.24) is 9.80 Å². The van der Waals surface area contributed by atoms with Crippen molar-refractivity contribution in [3.05, 3.63) is 0 Å². The summed E-state index contributed by atoms with van der Waals surface area (Å²) in [4.78, 5) is 5.16. The standard InChI is InChI=1S/C15H33N3/c1-13(2)10-14(3)11-17-6-8-18(9-7-17)15(4,5)12-16/h13-14H,6-12,16H2,1-5H3. The van der Waals surface area contributed by atoms with Crippen LogP contribution in [0.3, 0.4) is 0 Å². The van der Waals surface area contributed by atoms with Gasteiger partial charge in [0, 0.05) is 44.8 Å². The van der Waals surface area contributed by atoms with Gasteiger partial charge in [-0.15, -0.1) is 0 Å². The van der Waals surface area contributed by atoms with Crippen LogP contribution in [0.25, 0.3) is 0 Å². The highest BCUT2D eigenvalue weighted by Gasteiger charge is 2.28. The quantitative estimate of drug-likeness (QED) is 0.788. The molecule has 0 aromatic rings. The van der Waals surface area contributed by atoms with E-state index in [1.165, 1.54) is 39.1 Å². The average molecular weight is 255 g/mol. The maximum absolute atomic E-state index is 5.85. The second-order valence-corrected chi connectivity index (χ2v) is 7.04. The highest BCUT2D eigenvalue weighted by molar-refractivity contribution is 4.86. The molecule has 3 nitrogen and oxygen atoms in total. The van der Waals surface area contributed by atoms with Gasteiger partial charge in [-0.3, -0.25) is 4.90 Å². The lowest BCUT2D eigenvalue weighted by molar-refractivity contribution is 0.0501. The van der Waals surface area contributed by atoms with Crippen LogP contribution in [0.2, 0.25) is 0 Å². The molecular weight excluding hydrogens is 222 g/mol. The molecule has 2 N–H and O–H groups in total. The summed E-state index contributed by atoms with van der Waals surface area (Å²) in [5.74, 6) is 1.64. The molecular formula is C15H33N3. The molecule has 1 unspecified atom stereocenters. The molecule has 1 heterocycles. The molecule has 0 saturated carbocycles. The smallest absolute Gasteiger partial charge is 0.0276 e. The van der Waals surface area contributed by atoms with Crippen LogP contribution in [0.4, 0.5) is 0 Å². The molecule has 1 atom stereocenters. The fourth-order valence-electron chi connectivity index (χ4n) is 2.98. The molecule has 18 heavy (non-hydrogen) atoms. The summed E-state index contributed by atoms with van der Waals surface area (Å²) in [6.45, 7) is 18.3. The Hall–Kier alpha value is -0.120. The van der Waals surface area contributed by atoms with E-state index < -0.39 is 0 Å². The van der Waals surface area contributed by atoms with E-state index in [2.05, 4.69) is 44.4 Å². The van der Waals surface area contributed by atoms with Crippen molar-refractivity contribution in [3.63, 3.8) is 0 Å². The molecule has 1 saturated heterocycles. The van der Waals surface area contributed by atoms with Crippen molar-refractivity contribution in [1.29, 1.82) is 0 Å². The van der Waals surface area contributed by atoms with Gasteiger partial charge in [-0.05, 0) is 32.1 Å². The minimum absolute atomic E-state index is 0.162. The molecule has 108 valence electrons. The lowest BCUT2D eigenvalue weighted by Gasteiger charge is -2.44. The molecule has 1 aliphatic heterocycles. The molecule has 1 rings (SSSR count). The topological polar surface area (TPSA) is 32.5 Å². The molecule has 0 spiro atoms. The molecule has 0 aromatic heterocycles. The number of hydrogen-bond donors (Lipinski definition) is 1. The zero-order valence-electron chi connectivity index (χ0n) is 13.1. The monoisotopic (exact) mass is 255 g/mol. The van der Waals surface area contributed by atoms with Crippen molar-refractivity contribution in [3.8, 4) is 0 Å². The maximum Gasteiger partial charge on any atom is 0.0276 e. The SMILES string of the molecule is CC(C)CC(C)CN1CCN(C(C)(C)CN)CC1. The molecule has 3 heteroatoms. The molecule has 0 aromatic carbocycles. The Morgan fingerprint density at radius 1 is 1.06 bits per heavy atom. The summed E-state index contributed by atoms with van der Waals surface area (Å²) in [5, 5.41) is 0. The Kier molecular flexibility index (Phi) is 6.09. The summed E-state index contributed by atoms with van der Waals surface area (Å²) >= 11 is 0. The normalized spacial score (nSPS) is 21.5. The lowest BCUT2D eigenvalue weighted by Crippen LogP contribution is -2.57. The van der Waals surface area contributed by atoms with Gasteiger partial charge in [0.15, 0.2) is 0 Å². The summed E-state index contributed by atoms with van der Waals surface area (Å²) in [5.41, 5.74) is 6.01. The van der Waals surface area contributed by atoms with Crippen molar-refractivity contribution in [2.24, 2.45) is 17.6 Å². The Balaban J connectivity index is 2.31. The van der Waals surface area contributed by atoms with E-state index in [0.29, 0.717) is 0 Å². The van der Waals surface area contributed by atoms with Crippen LogP contribution in [0.1, 0.15) is 41.0 Å². The zero-order chi connectivity index (χ0) is 13.8. The van der Waals surface area contributed by atoms with Crippen LogP contribution in [-0.4, -0.2) is 54.6 Å². The fraction of sp³-hybridized carbons (Fsp3) is 1.00. The van der Waals surface area contributed by atoms with Crippen LogP contribution in [0.15, 0.2) is 0 Å². The molecule has 0 aliphatic carbocycles. The highest BCUT2D eigenvalue weighted by Crippen LogP contribution is 2.18. The van der Waals surface area contributed by atoms with E-state index in [4.69, 9.17) is 5.73 Å². The first-order valence-electron chi connectivity index (χ1n) is 7.52. The van der Waals surface area contributed by atoms with Crippen molar-refractivity contribution in [2.45, 2.75) is 46.6 Å². The second-order valence-electron chi connectivity index (χ2n) is 7.04. The van der Waals surface area contributed by atoms with Gasteiger partial charge in [0.1, 0.15) is 0 Å². The van der Waals surface area contributed by atoms with Gasteiger partial charge in [0.05, 0.1) is 0 Å². The van der Waals surface area contributed by atoms with Gasteiger partial charge in [-0.1, -0.05) is 20.8 Å². The average Bonchev–Trinajstić information content (AvgIpc) is 2.28. The van der Waals surface area contributed by atoms with Crippen LogP contribution >= 0.6 is 0 Å². The van der Waals surface area contributed by atoms with E-state index in [0.717, 1.165) is 18.4 Å². The minimum Gasteiger partial charge on any atom is -0.329 e. The van der Waals surface area contributed by atoms with Gasteiger partial charge < -0.3 is 10.6 Å². The third-order valence-electron chi connectivity index (χ3n) is 4.17. The molecule has 0 amide bonds. The summed E-state index contributed by atoms with van der Waals surface area (Å²) in [7, 11) is 0. The van der Waals surface area contributed by atoms with Crippen LogP contribution in [0, 0.1) is 11.8 Å². The lowest BCUT2D eigenvalue weighted by atomic mass is 9.97. The second kappa shape index (κ2) is 6.88. The molecule has 0 radical (unpaired) electrons. The zero-order valence-corrected chi connectivity index (χ0v) is 13.1. The summed E-state index contributed by atoms with van der Waals surface area (Å²) in [6, 6.07) is 0. The maximum atomic E-state index is 5.85. The van der Waals surface area contributed by atoms with Gasteiger partial charge in [-0.2, -0.15) is 0 Å². The van der Waals surface area contributed by atoms with E-state index >= 15 is 0 Å².